The molecule has 0 fully saturated rings. The van der Waals surface area contributed by atoms with Crippen molar-refractivity contribution in [2.45, 2.75) is 18.7 Å². The molecule has 6 nitrogen and oxygen atoms in total. The largest absolute Gasteiger partial charge is 0.370 e. The number of rotatable bonds is 2. The van der Waals surface area contributed by atoms with Crippen LogP contribution in [0.2, 0.25) is 0 Å². The molecule has 1 aromatic rings. The molecule has 0 spiro atoms. The fourth-order valence-electron chi connectivity index (χ4n) is 1.81. The Balaban J connectivity index is 3.53. The van der Waals surface area contributed by atoms with Gasteiger partial charge in [-0.3, -0.25) is 4.79 Å². The van der Waals surface area contributed by atoms with Gasteiger partial charge < -0.3 is 11.5 Å². The van der Waals surface area contributed by atoms with Gasteiger partial charge in [0.1, 0.15) is 0 Å². The smallest absolute Gasteiger partial charge is 0.280 e. The van der Waals surface area contributed by atoms with Gasteiger partial charge in [-0.1, -0.05) is 6.07 Å². The van der Waals surface area contributed by atoms with Crippen molar-refractivity contribution in [3.05, 3.63) is 28.8 Å². The number of hydrogen-bond donors (Lipinski definition) is 2. The van der Waals surface area contributed by atoms with Gasteiger partial charge in [0.15, 0.2) is 15.8 Å². The first-order valence-electron chi connectivity index (χ1n) is 5.09. The van der Waals surface area contributed by atoms with E-state index in [9.17, 15) is 13.2 Å². The van der Waals surface area contributed by atoms with Crippen LogP contribution in [-0.2, 0) is 9.84 Å². The molecule has 0 aliphatic heterocycles. The lowest BCUT2D eigenvalue weighted by Gasteiger charge is -2.10. The predicted octanol–water partition coefficient (Wildman–Crippen LogP) is 0.121. The number of carbonyl (C=O) groups excluding carboxylic acids is 1. The maximum Gasteiger partial charge on any atom is 0.280 e. The lowest BCUT2D eigenvalue weighted by Crippen LogP contribution is -2.24. The van der Waals surface area contributed by atoms with Crippen LogP contribution in [0.3, 0.4) is 0 Å². The summed E-state index contributed by atoms with van der Waals surface area (Å²) in [6, 6.07) is 3.06. The number of sulfone groups is 1. The normalized spacial score (nSPS) is 11.1. The SMILES string of the molecule is Cc1ccc(C(=O)N=C(N)N)c(C)c1S(C)(=O)=O. The van der Waals surface area contributed by atoms with E-state index in [-0.39, 0.29) is 16.4 Å². The standard InChI is InChI=1S/C11H15N3O3S/c1-6-4-5-8(10(15)14-11(12)13)7(2)9(6)18(3,16)17/h4-5H,1-3H3,(H4,12,13,14,15). The van der Waals surface area contributed by atoms with E-state index in [1.807, 2.05) is 0 Å². The first-order chi connectivity index (χ1) is 8.14. The van der Waals surface area contributed by atoms with Crippen LogP contribution >= 0.6 is 0 Å². The Hall–Kier alpha value is -1.89. The van der Waals surface area contributed by atoms with Gasteiger partial charge in [0, 0.05) is 11.8 Å². The highest BCUT2D eigenvalue weighted by Gasteiger charge is 2.19. The number of amides is 1. The molecule has 0 aromatic heterocycles. The van der Waals surface area contributed by atoms with E-state index in [1.54, 1.807) is 19.9 Å². The minimum absolute atomic E-state index is 0.138. The number of aryl methyl sites for hydroxylation is 1. The number of carbonyl (C=O) groups is 1. The van der Waals surface area contributed by atoms with Gasteiger partial charge in [0.2, 0.25) is 0 Å². The summed E-state index contributed by atoms with van der Waals surface area (Å²) in [5.41, 5.74) is 11.4. The van der Waals surface area contributed by atoms with Crippen molar-refractivity contribution >= 4 is 21.7 Å². The van der Waals surface area contributed by atoms with E-state index in [0.29, 0.717) is 11.1 Å². The minimum atomic E-state index is -3.41. The molecular formula is C11H15N3O3S. The van der Waals surface area contributed by atoms with E-state index >= 15 is 0 Å². The third kappa shape index (κ3) is 2.86. The van der Waals surface area contributed by atoms with Crippen LogP contribution in [0.15, 0.2) is 22.0 Å². The summed E-state index contributed by atoms with van der Waals surface area (Å²) in [4.78, 5) is 15.3. The highest BCUT2D eigenvalue weighted by molar-refractivity contribution is 7.90. The summed E-state index contributed by atoms with van der Waals surface area (Å²) < 4.78 is 23.4. The Morgan fingerprint density at radius 3 is 2.22 bits per heavy atom. The Morgan fingerprint density at radius 2 is 1.78 bits per heavy atom. The van der Waals surface area contributed by atoms with Crippen LogP contribution < -0.4 is 11.5 Å². The molecule has 0 aliphatic carbocycles. The average molecular weight is 269 g/mol. The van der Waals surface area contributed by atoms with Gasteiger partial charge in [-0.2, -0.15) is 4.99 Å². The van der Waals surface area contributed by atoms with Gasteiger partial charge in [-0.15, -0.1) is 0 Å². The molecule has 7 heteroatoms. The van der Waals surface area contributed by atoms with Crippen molar-refractivity contribution in [2.24, 2.45) is 16.5 Å². The Labute approximate surface area is 106 Å². The van der Waals surface area contributed by atoms with Crippen molar-refractivity contribution in [1.82, 2.24) is 0 Å². The first kappa shape index (κ1) is 14.2. The van der Waals surface area contributed by atoms with Crippen LogP contribution in [0, 0.1) is 13.8 Å². The Morgan fingerprint density at radius 1 is 1.22 bits per heavy atom. The van der Waals surface area contributed by atoms with Gasteiger partial charge in [-0.05, 0) is 31.0 Å². The van der Waals surface area contributed by atoms with E-state index in [0.717, 1.165) is 6.26 Å². The fourth-order valence-corrected chi connectivity index (χ4v) is 3.13. The minimum Gasteiger partial charge on any atom is -0.370 e. The molecular weight excluding hydrogens is 254 g/mol. The molecule has 1 rings (SSSR count). The molecule has 0 heterocycles. The molecule has 18 heavy (non-hydrogen) atoms. The quantitative estimate of drug-likeness (QED) is 0.584. The molecule has 0 saturated heterocycles. The summed E-state index contributed by atoms with van der Waals surface area (Å²) in [5.74, 6) is -1.02. The third-order valence-electron chi connectivity index (χ3n) is 2.43. The van der Waals surface area contributed by atoms with Crippen LogP contribution in [-0.4, -0.2) is 26.5 Å². The Kier molecular flexibility index (Phi) is 3.76. The van der Waals surface area contributed by atoms with Crippen LogP contribution in [0.4, 0.5) is 0 Å². The highest BCUT2D eigenvalue weighted by Crippen LogP contribution is 2.23. The second-order valence-electron chi connectivity index (χ2n) is 4.00. The number of aliphatic imine (C=N–C) groups is 1. The topological polar surface area (TPSA) is 116 Å². The molecule has 0 atom stereocenters. The zero-order chi connectivity index (χ0) is 14.1. The highest BCUT2D eigenvalue weighted by atomic mass is 32.2. The van der Waals surface area contributed by atoms with Gasteiger partial charge in [0.25, 0.3) is 5.91 Å². The predicted molar refractivity (Wildman–Crippen MR) is 69.2 cm³/mol. The van der Waals surface area contributed by atoms with Crippen molar-refractivity contribution in [3.63, 3.8) is 0 Å². The molecule has 0 unspecified atom stereocenters. The van der Waals surface area contributed by atoms with E-state index in [4.69, 9.17) is 11.5 Å². The number of benzene rings is 1. The summed E-state index contributed by atoms with van der Waals surface area (Å²) in [6.07, 6.45) is 1.09. The molecule has 1 amide bonds. The van der Waals surface area contributed by atoms with Gasteiger partial charge in [0.05, 0.1) is 4.90 Å². The monoisotopic (exact) mass is 269 g/mol. The molecule has 0 radical (unpaired) electrons. The number of nitrogens with zero attached hydrogens (tertiary/aromatic N) is 1. The third-order valence-corrected chi connectivity index (χ3v) is 3.80. The molecule has 98 valence electrons. The van der Waals surface area contributed by atoms with Crippen molar-refractivity contribution in [2.75, 3.05) is 6.26 Å². The summed E-state index contributed by atoms with van der Waals surface area (Å²) >= 11 is 0. The van der Waals surface area contributed by atoms with Gasteiger partial charge in [-0.25, -0.2) is 8.42 Å². The molecule has 0 bridgehead atoms. The van der Waals surface area contributed by atoms with Crippen molar-refractivity contribution < 1.29 is 13.2 Å². The first-order valence-corrected chi connectivity index (χ1v) is 6.98. The Bertz CT molecular complexity index is 629. The van der Waals surface area contributed by atoms with E-state index < -0.39 is 15.7 Å². The van der Waals surface area contributed by atoms with Crippen LogP contribution in [0.1, 0.15) is 21.5 Å². The van der Waals surface area contributed by atoms with Crippen molar-refractivity contribution in [3.8, 4) is 0 Å². The van der Waals surface area contributed by atoms with Gasteiger partial charge >= 0.3 is 0 Å². The zero-order valence-electron chi connectivity index (χ0n) is 10.4. The molecule has 4 N–H and O–H groups in total. The maximum absolute atomic E-state index is 11.7. The second-order valence-corrected chi connectivity index (χ2v) is 5.95. The lowest BCUT2D eigenvalue weighted by molar-refractivity contribution is 0.100. The second kappa shape index (κ2) is 4.77. The maximum atomic E-state index is 11.7. The van der Waals surface area contributed by atoms with Crippen LogP contribution in [0.25, 0.3) is 0 Å². The van der Waals surface area contributed by atoms with E-state index in [1.165, 1.54) is 6.07 Å². The summed E-state index contributed by atoms with van der Waals surface area (Å²) in [6.45, 7) is 3.22. The van der Waals surface area contributed by atoms with Crippen molar-refractivity contribution in [1.29, 1.82) is 0 Å². The molecule has 1 aromatic carbocycles. The summed E-state index contributed by atoms with van der Waals surface area (Å²) in [5, 5.41) is 0. The zero-order valence-corrected chi connectivity index (χ0v) is 11.2. The summed E-state index contributed by atoms with van der Waals surface area (Å²) in [7, 11) is -3.41. The number of nitrogens with two attached hydrogens (primary N) is 2. The van der Waals surface area contributed by atoms with Crippen LogP contribution in [0.5, 0.6) is 0 Å². The lowest BCUT2D eigenvalue weighted by atomic mass is 10.1. The number of hydrogen-bond acceptors (Lipinski definition) is 3. The van der Waals surface area contributed by atoms with E-state index in [2.05, 4.69) is 4.99 Å². The molecule has 0 saturated carbocycles. The number of guanidine groups is 1. The molecule has 0 aliphatic rings. The fraction of sp³-hybridized carbons (Fsp3) is 0.273. The average Bonchev–Trinajstić information content (AvgIpc) is 2.13.